The third kappa shape index (κ3) is 4.83. The SMILES string of the molecule is O=C(CCN1C(=S)N[C@H](c2ccccn2)[C@H]1c1cccn1-c1ccccc1F)Nc1ccc(F)cc1. The number of benzene rings is 2. The number of hydrogen-bond donors (Lipinski definition) is 2. The molecule has 2 aromatic heterocycles. The Labute approximate surface area is 212 Å². The molecule has 6 nitrogen and oxygen atoms in total. The topological polar surface area (TPSA) is 62.2 Å². The summed E-state index contributed by atoms with van der Waals surface area (Å²) in [7, 11) is 0. The number of thiocarbonyl (C=S) groups is 1. The van der Waals surface area contributed by atoms with Crippen LogP contribution in [0.1, 0.15) is 29.9 Å². The van der Waals surface area contributed by atoms with Crippen LogP contribution in [0.25, 0.3) is 5.69 Å². The van der Waals surface area contributed by atoms with E-state index in [1.54, 1.807) is 29.0 Å². The second-order valence-electron chi connectivity index (χ2n) is 8.38. The molecule has 0 aliphatic carbocycles. The van der Waals surface area contributed by atoms with Crippen molar-refractivity contribution >= 4 is 28.9 Å². The number of anilines is 1. The number of nitrogens with zero attached hydrogens (tertiary/aromatic N) is 3. The minimum absolute atomic E-state index is 0.144. The Morgan fingerprint density at radius 3 is 2.53 bits per heavy atom. The number of rotatable bonds is 7. The fraction of sp³-hybridized carbons (Fsp3) is 0.148. The van der Waals surface area contributed by atoms with Gasteiger partial charge in [0, 0.05) is 36.7 Å². The van der Waals surface area contributed by atoms with Crippen molar-refractivity contribution in [2.45, 2.75) is 18.5 Å². The van der Waals surface area contributed by atoms with Gasteiger partial charge in [-0.3, -0.25) is 9.78 Å². The Balaban J connectivity index is 1.44. The highest BCUT2D eigenvalue weighted by atomic mass is 32.1. The lowest BCUT2D eigenvalue weighted by atomic mass is 10.0. The van der Waals surface area contributed by atoms with Gasteiger partial charge in [0.2, 0.25) is 5.91 Å². The van der Waals surface area contributed by atoms with Gasteiger partial charge >= 0.3 is 0 Å². The quantitative estimate of drug-likeness (QED) is 0.342. The number of pyridine rings is 1. The second kappa shape index (κ2) is 10.2. The van der Waals surface area contributed by atoms with Crippen molar-refractivity contribution in [2.24, 2.45) is 0 Å². The summed E-state index contributed by atoms with van der Waals surface area (Å²) >= 11 is 5.68. The van der Waals surface area contributed by atoms with Crippen LogP contribution in [0.15, 0.2) is 91.3 Å². The van der Waals surface area contributed by atoms with Crippen LogP contribution in [0.3, 0.4) is 0 Å². The minimum atomic E-state index is -0.372. The fourth-order valence-corrected chi connectivity index (χ4v) is 4.78. The van der Waals surface area contributed by atoms with Gasteiger partial charge in [-0.1, -0.05) is 18.2 Å². The van der Waals surface area contributed by atoms with Gasteiger partial charge in [0.25, 0.3) is 0 Å². The predicted octanol–water partition coefficient (Wildman–Crippen LogP) is 5.15. The summed E-state index contributed by atoms with van der Waals surface area (Å²) in [5.74, 6) is -0.945. The molecule has 2 N–H and O–H groups in total. The van der Waals surface area contributed by atoms with Gasteiger partial charge in [-0.2, -0.15) is 0 Å². The Hall–Kier alpha value is -4.11. The van der Waals surface area contributed by atoms with Crippen molar-refractivity contribution in [3.8, 4) is 5.69 Å². The molecule has 1 saturated heterocycles. The molecule has 1 amide bonds. The molecular weight excluding hydrogens is 480 g/mol. The molecule has 4 aromatic rings. The van der Waals surface area contributed by atoms with E-state index < -0.39 is 0 Å². The zero-order chi connectivity index (χ0) is 25.1. The molecule has 2 atom stereocenters. The molecule has 36 heavy (non-hydrogen) atoms. The van der Waals surface area contributed by atoms with E-state index in [1.165, 1.54) is 30.3 Å². The van der Waals surface area contributed by atoms with Crippen molar-refractivity contribution in [3.05, 3.63) is 114 Å². The first-order valence-corrected chi connectivity index (χ1v) is 11.9. The highest BCUT2D eigenvalue weighted by molar-refractivity contribution is 7.80. The summed E-state index contributed by atoms with van der Waals surface area (Å²) < 4.78 is 29.7. The van der Waals surface area contributed by atoms with Crippen molar-refractivity contribution in [1.29, 1.82) is 0 Å². The standard InChI is InChI=1S/C27H23F2N5OS/c28-18-10-12-19(13-11-18)31-24(35)14-17-34-26(25(32-27(34)36)21-7-3-4-15-30-21)23-9-5-16-33(23)22-8-2-1-6-20(22)29/h1-13,15-16,25-26H,14,17H2,(H,31,35)(H,32,36)/t25-,26-/m1/s1. The van der Waals surface area contributed by atoms with Crippen LogP contribution < -0.4 is 10.6 Å². The molecule has 182 valence electrons. The average molecular weight is 504 g/mol. The lowest BCUT2D eigenvalue weighted by molar-refractivity contribution is -0.116. The van der Waals surface area contributed by atoms with Crippen molar-refractivity contribution in [2.75, 3.05) is 11.9 Å². The molecule has 0 spiro atoms. The van der Waals surface area contributed by atoms with E-state index in [9.17, 15) is 13.6 Å². The van der Waals surface area contributed by atoms with E-state index >= 15 is 0 Å². The molecule has 0 unspecified atom stereocenters. The maximum absolute atomic E-state index is 14.7. The van der Waals surface area contributed by atoms with E-state index in [0.717, 1.165) is 11.4 Å². The Bertz CT molecular complexity index is 1380. The maximum Gasteiger partial charge on any atom is 0.226 e. The van der Waals surface area contributed by atoms with Crippen molar-refractivity contribution in [3.63, 3.8) is 0 Å². The average Bonchev–Trinajstić information content (AvgIpc) is 3.49. The third-order valence-corrected chi connectivity index (χ3v) is 6.45. The summed E-state index contributed by atoms with van der Waals surface area (Å²) in [5, 5.41) is 6.61. The van der Waals surface area contributed by atoms with Crippen LogP contribution in [-0.4, -0.2) is 32.0 Å². The first kappa shape index (κ1) is 23.6. The number of nitrogens with one attached hydrogen (secondary N) is 2. The number of halogens is 2. The molecule has 1 fully saturated rings. The number of carbonyl (C=O) groups is 1. The zero-order valence-electron chi connectivity index (χ0n) is 19.1. The van der Waals surface area contributed by atoms with Crippen molar-refractivity contribution < 1.29 is 13.6 Å². The number of para-hydroxylation sites is 1. The van der Waals surface area contributed by atoms with Crippen molar-refractivity contribution in [1.82, 2.24) is 19.8 Å². The molecule has 0 radical (unpaired) electrons. The zero-order valence-corrected chi connectivity index (χ0v) is 20.0. The summed E-state index contributed by atoms with van der Waals surface area (Å²) in [4.78, 5) is 19.1. The van der Waals surface area contributed by atoms with E-state index in [-0.39, 0.29) is 36.0 Å². The number of hydrogen-bond acceptors (Lipinski definition) is 3. The molecule has 2 aromatic carbocycles. The first-order chi connectivity index (χ1) is 17.5. The monoisotopic (exact) mass is 503 g/mol. The first-order valence-electron chi connectivity index (χ1n) is 11.5. The van der Waals surface area contributed by atoms with E-state index in [0.29, 0.717) is 23.0 Å². The smallest absolute Gasteiger partial charge is 0.226 e. The molecular formula is C27H23F2N5OS. The van der Waals surface area contributed by atoms with Gasteiger partial charge in [-0.05, 0) is 72.9 Å². The van der Waals surface area contributed by atoms with Gasteiger partial charge in [0.15, 0.2) is 5.11 Å². The molecule has 9 heteroatoms. The summed E-state index contributed by atoms with van der Waals surface area (Å²) in [6.45, 7) is 0.315. The maximum atomic E-state index is 14.7. The highest BCUT2D eigenvalue weighted by Gasteiger charge is 2.41. The highest BCUT2D eigenvalue weighted by Crippen LogP contribution is 2.39. The number of aromatic nitrogens is 2. The third-order valence-electron chi connectivity index (χ3n) is 6.10. The lowest BCUT2D eigenvalue weighted by Gasteiger charge is -2.29. The Morgan fingerprint density at radius 1 is 1.00 bits per heavy atom. The molecule has 5 rings (SSSR count). The van der Waals surface area contributed by atoms with Crippen LogP contribution in [0.4, 0.5) is 14.5 Å². The van der Waals surface area contributed by atoms with Gasteiger partial charge in [-0.25, -0.2) is 8.78 Å². The molecule has 1 aliphatic rings. The number of carbonyl (C=O) groups excluding carboxylic acids is 1. The number of amides is 1. The van der Waals surface area contributed by atoms with Crippen LogP contribution in [0, 0.1) is 11.6 Å². The van der Waals surface area contributed by atoms with E-state index in [1.807, 2.05) is 41.4 Å². The van der Waals surface area contributed by atoms with Crippen LogP contribution in [0.2, 0.25) is 0 Å². The molecule has 0 saturated carbocycles. The van der Waals surface area contributed by atoms with Gasteiger partial charge in [-0.15, -0.1) is 0 Å². The normalized spacial score (nSPS) is 17.2. The van der Waals surface area contributed by atoms with Crippen LogP contribution >= 0.6 is 12.2 Å². The van der Waals surface area contributed by atoms with Crippen LogP contribution in [0.5, 0.6) is 0 Å². The predicted molar refractivity (Wildman–Crippen MR) is 138 cm³/mol. The van der Waals surface area contributed by atoms with Crippen LogP contribution in [-0.2, 0) is 4.79 Å². The van der Waals surface area contributed by atoms with E-state index in [2.05, 4.69) is 15.6 Å². The Morgan fingerprint density at radius 2 is 1.78 bits per heavy atom. The lowest BCUT2D eigenvalue weighted by Crippen LogP contribution is -2.33. The van der Waals surface area contributed by atoms with Gasteiger partial charge < -0.3 is 20.1 Å². The summed E-state index contributed by atoms with van der Waals surface area (Å²) in [5.41, 5.74) is 2.52. The Kier molecular flexibility index (Phi) is 6.73. The molecule has 0 bridgehead atoms. The largest absolute Gasteiger partial charge is 0.352 e. The molecule has 3 heterocycles. The van der Waals surface area contributed by atoms with E-state index in [4.69, 9.17) is 12.2 Å². The second-order valence-corrected chi connectivity index (χ2v) is 8.77. The molecule has 1 aliphatic heterocycles. The van der Waals surface area contributed by atoms with Gasteiger partial charge in [0.1, 0.15) is 11.6 Å². The summed E-state index contributed by atoms with van der Waals surface area (Å²) in [6.07, 6.45) is 3.67. The minimum Gasteiger partial charge on any atom is -0.352 e. The van der Waals surface area contributed by atoms with Gasteiger partial charge in [0.05, 0.1) is 23.5 Å². The summed E-state index contributed by atoms with van der Waals surface area (Å²) in [6, 6.07) is 21.0. The fourth-order valence-electron chi connectivity index (χ4n) is 4.45.